The summed E-state index contributed by atoms with van der Waals surface area (Å²) >= 11 is 0. The number of hydrogen-bond acceptors (Lipinski definition) is 7. The molecule has 4 aromatic rings. The molecule has 8 nitrogen and oxygen atoms in total. The summed E-state index contributed by atoms with van der Waals surface area (Å²) in [6, 6.07) is 1.98. The molecule has 1 saturated heterocycles. The van der Waals surface area contributed by atoms with E-state index in [9.17, 15) is 9.65 Å². The molecular formula is C23H19F2N7O. The lowest BCUT2D eigenvalue weighted by Gasteiger charge is -2.18. The molecule has 1 fully saturated rings. The van der Waals surface area contributed by atoms with Crippen LogP contribution in [0.3, 0.4) is 0 Å². The number of ether oxygens (including phenoxy) is 1. The molecule has 3 aromatic heterocycles. The summed E-state index contributed by atoms with van der Waals surface area (Å²) < 4.78 is 36.3. The number of nitrogens with two attached hydrogens (primary N) is 1. The Morgan fingerprint density at radius 1 is 1.24 bits per heavy atom. The van der Waals surface area contributed by atoms with Crippen LogP contribution in [0.4, 0.5) is 20.5 Å². The van der Waals surface area contributed by atoms with Gasteiger partial charge in [0.1, 0.15) is 23.0 Å². The standard InChI is InChI=1S/C23H19F2N7O/c1-10-2-3-32(7-10)23-29-5-12-13-8-33-9-14(13)16(18(25)19(12)31-23)21-17-11(4-26)22(27)30-20(17)15(24)6-28-21/h5-6,10,30H,2-3,7-9,27H2,1H3. The molecule has 1 atom stereocenters. The number of benzene rings is 1. The van der Waals surface area contributed by atoms with Crippen molar-refractivity contribution in [2.75, 3.05) is 23.7 Å². The molecule has 6 rings (SSSR count). The largest absolute Gasteiger partial charge is 0.384 e. The van der Waals surface area contributed by atoms with Gasteiger partial charge in [0.05, 0.1) is 30.6 Å². The Hall–Kier alpha value is -3.84. The number of fused-ring (bicyclic) bond motifs is 4. The molecule has 1 unspecified atom stereocenters. The van der Waals surface area contributed by atoms with Crippen LogP contribution in [0.25, 0.3) is 33.1 Å². The van der Waals surface area contributed by atoms with Gasteiger partial charge in [-0.2, -0.15) is 5.26 Å². The van der Waals surface area contributed by atoms with Gasteiger partial charge in [0.15, 0.2) is 11.6 Å². The minimum absolute atomic E-state index is 0.00232. The summed E-state index contributed by atoms with van der Waals surface area (Å²) in [4.78, 5) is 18.0. The number of pyridine rings is 1. The van der Waals surface area contributed by atoms with Crippen LogP contribution in [-0.2, 0) is 18.0 Å². The summed E-state index contributed by atoms with van der Waals surface area (Å²) in [5, 5.41) is 10.4. The molecule has 10 heteroatoms. The number of rotatable bonds is 2. The molecule has 2 aliphatic rings. The first-order valence-corrected chi connectivity index (χ1v) is 10.7. The van der Waals surface area contributed by atoms with Crippen molar-refractivity contribution >= 4 is 33.6 Å². The van der Waals surface area contributed by atoms with Gasteiger partial charge in [-0.05, 0) is 23.5 Å². The minimum atomic E-state index is -0.677. The Bertz CT molecular complexity index is 1510. The van der Waals surface area contributed by atoms with Crippen LogP contribution >= 0.6 is 0 Å². The second kappa shape index (κ2) is 7.08. The number of halogens is 2. The third-order valence-electron chi connectivity index (χ3n) is 6.55. The number of anilines is 2. The summed E-state index contributed by atoms with van der Waals surface area (Å²) in [7, 11) is 0. The molecule has 0 bridgehead atoms. The van der Waals surface area contributed by atoms with E-state index in [1.807, 2.05) is 11.0 Å². The van der Waals surface area contributed by atoms with Crippen molar-refractivity contribution in [2.45, 2.75) is 26.6 Å². The fraction of sp³-hybridized carbons (Fsp3) is 0.304. The third kappa shape index (κ3) is 2.79. The van der Waals surface area contributed by atoms with E-state index in [4.69, 9.17) is 10.5 Å². The molecule has 33 heavy (non-hydrogen) atoms. The summed E-state index contributed by atoms with van der Waals surface area (Å²) in [5.41, 5.74) is 7.73. The molecule has 166 valence electrons. The second-order valence-corrected chi connectivity index (χ2v) is 8.64. The SMILES string of the molecule is CC1CCN(c2ncc3c4c(c(-c5ncc(F)c6[nH]c(N)c(C#N)c56)c(F)c3n2)COC4)C1. The lowest BCUT2D eigenvalue weighted by molar-refractivity contribution is 0.135. The Morgan fingerprint density at radius 3 is 2.82 bits per heavy atom. The molecule has 1 aromatic carbocycles. The number of nitrogen functional groups attached to an aromatic ring is 1. The molecule has 5 heterocycles. The van der Waals surface area contributed by atoms with Crippen molar-refractivity contribution in [2.24, 2.45) is 5.92 Å². The monoisotopic (exact) mass is 447 g/mol. The molecule has 2 aliphatic heterocycles. The molecule has 0 spiro atoms. The smallest absolute Gasteiger partial charge is 0.225 e. The zero-order valence-electron chi connectivity index (χ0n) is 17.7. The summed E-state index contributed by atoms with van der Waals surface area (Å²) in [6.45, 7) is 4.20. The number of aromatic nitrogens is 4. The number of aromatic amines is 1. The average molecular weight is 447 g/mol. The van der Waals surface area contributed by atoms with E-state index in [2.05, 4.69) is 26.9 Å². The number of H-pyrrole nitrogens is 1. The Balaban J connectivity index is 1.67. The maximum absolute atomic E-state index is 16.2. The Morgan fingerprint density at radius 2 is 2.06 bits per heavy atom. The zero-order chi connectivity index (χ0) is 22.9. The van der Waals surface area contributed by atoms with Gasteiger partial charge in [-0.3, -0.25) is 4.98 Å². The van der Waals surface area contributed by atoms with Gasteiger partial charge in [0.2, 0.25) is 5.95 Å². The predicted molar refractivity (Wildman–Crippen MR) is 118 cm³/mol. The number of hydrogen-bond donors (Lipinski definition) is 2. The van der Waals surface area contributed by atoms with E-state index in [0.29, 0.717) is 22.8 Å². The van der Waals surface area contributed by atoms with E-state index in [1.54, 1.807) is 6.20 Å². The van der Waals surface area contributed by atoms with E-state index in [1.165, 1.54) is 0 Å². The number of nitrogens with one attached hydrogen (secondary N) is 1. The predicted octanol–water partition coefficient (Wildman–Crippen LogP) is 3.78. The van der Waals surface area contributed by atoms with E-state index < -0.39 is 11.6 Å². The van der Waals surface area contributed by atoms with E-state index >= 15 is 4.39 Å². The highest BCUT2D eigenvalue weighted by molar-refractivity contribution is 6.03. The van der Waals surface area contributed by atoms with E-state index in [0.717, 1.165) is 31.3 Å². The highest BCUT2D eigenvalue weighted by atomic mass is 19.1. The summed E-state index contributed by atoms with van der Waals surface area (Å²) in [6.07, 6.45) is 3.66. The van der Waals surface area contributed by atoms with Crippen LogP contribution in [-0.4, -0.2) is 33.0 Å². The maximum atomic E-state index is 16.2. The Kier molecular flexibility index (Phi) is 4.25. The van der Waals surface area contributed by atoms with Gasteiger partial charge in [-0.25, -0.2) is 18.7 Å². The molecule has 0 saturated carbocycles. The van der Waals surface area contributed by atoms with Crippen LogP contribution in [0.15, 0.2) is 12.4 Å². The van der Waals surface area contributed by atoms with Gasteiger partial charge < -0.3 is 20.4 Å². The lowest BCUT2D eigenvalue weighted by Crippen LogP contribution is -2.21. The first-order chi connectivity index (χ1) is 16.0. The van der Waals surface area contributed by atoms with Crippen LogP contribution in [0.5, 0.6) is 0 Å². The highest BCUT2D eigenvalue weighted by Crippen LogP contribution is 2.42. The first kappa shape index (κ1) is 19.8. The van der Waals surface area contributed by atoms with Gasteiger partial charge in [0, 0.05) is 35.6 Å². The number of nitrogens with zero attached hydrogens (tertiary/aromatic N) is 5. The van der Waals surface area contributed by atoms with Crippen molar-refractivity contribution in [3.8, 4) is 17.3 Å². The average Bonchev–Trinajstić information content (AvgIpc) is 3.53. The molecule has 0 amide bonds. The molecule has 0 aliphatic carbocycles. The second-order valence-electron chi connectivity index (χ2n) is 8.64. The zero-order valence-corrected chi connectivity index (χ0v) is 17.7. The van der Waals surface area contributed by atoms with Gasteiger partial charge in [-0.15, -0.1) is 0 Å². The van der Waals surface area contributed by atoms with Gasteiger partial charge in [-0.1, -0.05) is 6.92 Å². The molecule has 3 N–H and O–H groups in total. The lowest BCUT2D eigenvalue weighted by atomic mass is 9.94. The topological polar surface area (TPSA) is 117 Å². The van der Waals surface area contributed by atoms with Crippen molar-refractivity contribution in [1.29, 1.82) is 5.26 Å². The quantitative estimate of drug-likeness (QED) is 0.480. The number of nitriles is 1. The van der Waals surface area contributed by atoms with Crippen LogP contribution in [0, 0.1) is 28.9 Å². The van der Waals surface area contributed by atoms with Crippen molar-refractivity contribution < 1.29 is 13.5 Å². The van der Waals surface area contributed by atoms with Crippen LogP contribution in [0.1, 0.15) is 30.0 Å². The van der Waals surface area contributed by atoms with Gasteiger partial charge in [0.25, 0.3) is 0 Å². The summed E-state index contributed by atoms with van der Waals surface area (Å²) in [5.74, 6) is -0.296. The fourth-order valence-corrected chi connectivity index (χ4v) is 4.91. The molecular weight excluding hydrogens is 428 g/mol. The van der Waals surface area contributed by atoms with Crippen LogP contribution in [0.2, 0.25) is 0 Å². The first-order valence-electron chi connectivity index (χ1n) is 10.7. The molecule has 0 radical (unpaired) electrons. The van der Waals surface area contributed by atoms with E-state index in [-0.39, 0.29) is 52.3 Å². The van der Waals surface area contributed by atoms with Crippen molar-refractivity contribution in [3.63, 3.8) is 0 Å². The fourth-order valence-electron chi connectivity index (χ4n) is 4.91. The van der Waals surface area contributed by atoms with Crippen molar-refractivity contribution in [1.82, 2.24) is 19.9 Å². The van der Waals surface area contributed by atoms with Crippen molar-refractivity contribution in [3.05, 3.63) is 40.7 Å². The highest BCUT2D eigenvalue weighted by Gasteiger charge is 2.30. The Labute approximate surface area is 187 Å². The minimum Gasteiger partial charge on any atom is -0.384 e. The van der Waals surface area contributed by atoms with Gasteiger partial charge >= 0.3 is 0 Å². The van der Waals surface area contributed by atoms with Crippen LogP contribution < -0.4 is 10.6 Å². The normalized spacial score (nSPS) is 17.8. The maximum Gasteiger partial charge on any atom is 0.225 e. The third-order valence-corrected chi connectivity index (χ3v) is 6.55.